The van der Waals surface area contributed by atoms with Gasteiger partial charge in [-0.15, -0.1) is 0 Å². The van der Waals surface area contributed by atoms with Gasteiger partial charge in [0.15, 0.2) is 0 Å². The van der Waals surface area contributed by atoms with E-state index in [4.69, 9.17) is 14.7 Å². The molecule has 4 aromatic rings. The van der Waals surface area contributed by atoms with Crippen molar-refractivity contribution in [3.05, 3.63) is 71.9 Å². The number of benzene rings is 1. The van der Waals surface area contributed by atoms with Gasteiger partial charge in [0.25, 0.3) is 0 Å². The summed E-state index contributed by atoms with van der Waals surface area (Å²) in [5.74, 6) is 1.12. The molecule has 1 fully saturated rings. The Bertz CT molecular complexity index is 1490. The highest BCUT2D eigenvalue weighted by atomic mass is 19.4. The Balaban J connectivity index is 1.57. The Labute approximate surface area is 231 Å². The SMILES string of the molecule is CC1CN(Cc2nc(Nc3ccc(C(C)(C)C)nc3)c3ccc(-c4ncccc4C(F)(F)F)cc3n2)CC(C)O1. The highest BCUT2D eigenvalue weighted by molar-refractivity contribution is 5.93. The van der Waals surface area contributed by atoms with Crippen molar-refractivity contribution in [2.24, 2.45) is 0 Å². The van der Waals surface area contributed by atoms with Crippen molar-refractivity contribution >= 4 is 22.4 Å². The molecule has 3 aromatic heterocycles. The van der Waals surface area contributed by atoms with Crippen LogP contribution in [0.1, 0.15) is 51.7 Å². The summed E-state index contributed by atoms with van der Waals surface area (Å²) in [4.78, 5) is 20.5. The Hall–Kier alpha value is -3.63. The molecule has 0 bridgehead atoms. The molecule has 7 nitrogen and oxygen atoms in total. The summed E-state index contributed by atoms with van der Waals surface area (Å²) in [6.45, 7) is 12.3. The first-order valence-corrected chi connectivity index (χ1v) is 13.3. The maximum absolute atomic E-state index is 13.7. The first-order chi connectivity index (χ1) is 18.9. The van der Waals surface area contributed by atoms with Gasteiger partial charge in [-0.1, -0.05) is 26.8 Å². The molecule has 1 N–H and O–H groups in total. The van der Waals surface area contributed by atoms with Gasteiger partial charge in [-0.05, 0) is 50.2 Å². The number of rotatable bonds is 5. The molecule has 0 radical (unpaired) electrons. The largest absolute Gasteiger partial charge is 0.418 e. The summed E-state index contributed by atoms with van der Waals surface area (Å²) >= 11 is 0. The summed E-state index contributed by atoms with van der Waals surface area (Å²) in [7, 11) is 0. The van der Waals surface area contributed by atoms with Crippen molar-refractivity contribution in [3.63, 3.8) is 0 Å². The van der Waals surface area contributed by atoms with Crippen molar-refractivity contribution in [2.75, 3.05) is 18.4 Å². The fraction of sp³-hybridized carbons (Fsp3) is 0.400. The van der Waals surface area contributed by atoms with Gasteiger partial charge in [-0.2, -0.15) is 13.2 Å². The maximum Gasteiger partial charge on any atom is 0.418 e. The lowest BCUT2D eigenvalue weighted by Gasteiger charge is -2.34. The second kappa shape index (κ2) is 10.7. The Morgan fingerprint density at radius 2 is 1.73 bits per heavy atom. The minimum absolute atomic E-state index is 0.0748. The van der Waals surface area contributed by atoms with Crippen LogP contribution < -0.4 is 5.32 Å². The Morgan fingerprint density at radius 1 is 0.975 bits per heavy atom. The number of ether oxygens (including phenoxy) is 1. The third-order valence-corrected chi connectivity index (χ3v) is 6.78. The lowest BCUT2D eigenvalue weighted by atomic mass is 9.92. The minimum atomic E-state index is -4.53. The van der Waals surface area contributed by atoms with Crippen molar-refractivity contribution < 1.29 is 17.9 Å². The van der Waals surface area contributed by atoms with Gasteiger partial charge >= 0.3 is 6.18 Å². The van der Waals surface area contributed by atoms with Gasteiger partial charge in [0, 0.05) is 41.3 Å². The zero-order valence-corrected chi connectivity index (χ0v) is 23.3. The molecular formula is C30H33F3N6O. The van der Waals surface area contributed by atoms with E-state index in [1.54, 1.807) is 24.4 Å². The minimum Gasteiger partial charge on any atom is -0.373 e. The molecule has 2 atom stereocenters. The lowest BCUT2D eigenvalue weighted by Crippen LogP contribution is -2.45. The number of halogens is 3. The van der Waals surface area contributed by atoms with E-state index in [9.17, 15) is 13.2 Å². The van der Waals surface area contributed by atoms with Crippen molar-refractivity contribution in [1.29, 1.82) is 0 Å². The molecular weight excluding hydrogens is 517 g/mol. The van der Waals surface area contributed by atoms with Crippen LogP contribution in [0.25, 0.3) is 22.2 Å². The van der Waals surface area contributed by atoms with E-state index in [1.807, 2.05) is 26.0 Å². The van der Waals surface area contributed by atoms with Crippen LogP contribution in [0.4, 0.5) is 24.7 Å². The molecule has 2 unspecified atom stereocenters. The molecule has 1 aliphatic heterocycles. The number of fused-ring (bicyclic) bond motifs is 1. The van der Waals surface area contributed by atoms with E-state index in [1.165, 1.54) is 12.3 Å². The van der Waals surface area contributed by atoms with Crippen LogP contribution in [0.3, 0.4) is 0 Å². The van der Waals surface area contributed by atoms with Crippen LogP contribution in [0.2, 0.25) is 0 Å². The molecule has 1 saturated heterocycles. The topological polar surface area (TPSA) is 76.1 Å². The van der Waals surface area contributed by atoms with Crippen molar-refractivity contribution in [1.82, 2.24) is 24.8 Å². The van der Waals surface area contributed by atoms with Crippen molar-refractivity contribution in [2.45, 2.75) is 65.0 Å². The molecule has 40 heavy (non-hydrogen) atoms. The number of hydrogen-bond acceptors (Lipinski definition) is 7. The van der Waals surface area contributed by atoms with Crippen LogP contribution in [0.5, 0.6) is 0 Å². The van der Waals surface area contributed by atoms with Crippen LogP contribution in [0.15, 0.2) is 54.9 Å². The number of aromatic nitrogens is 4. The number of pyridine rings is 2. The third kappa shape index (κ3) is 6.23. The van der Waals surface area contributed by atoms with Gasteiger partial charge < -0.3 is 10.1 Å². The van der Waals surface area contributed by atoms with Crippen LogP contribution >= 0.6 is 0 Å². The number of hydrogen-bond donors (Lipinski definition) is 1. The normalized spacial score (nSPS) is 18.7. The summed E-state index contributed by atoms with van der Waals surface area (Å²) in [5, 5.41) is 4.04. The van der Waals surface area contributed by atoms with Gasteiger partial charge in [0.1, 0.15) is 11.6 Å². The fourth-order valence-corrected chi connectivity index (χ4v) is 5.02. The molecule has 0 aliphatic carbocycles. The van der Waals surface area contributed by atoms with E-state index in [0.717, 1.165) is 30.5 Å². The molecule has 0 spiro atoms. The van der Waals surface area contributed by atoms with E-state index in [2.05, 4.69) is 41.0 Å². The average molecular weight is 551 g/mol. The molecule has 1 aromatic carbocycles. The molecule has 1 aliphatic rings. The van der Waals surface area contributed by atoms with Gasteiger partial charge in [-0.3, -0.25) is 14.9 Å². The first-order valence-electron chi connectivity index (χ1n) is 13.3. The molecule has 210 valence electrons. The van der Waals surface area contributed by atoms with Gasteiger partial charge in [0.2, 0.25) is 0 Å². The predicted molar refractivity (Wildman–Crippen MR) is 149 cm³/mol. The number of alkyl halides is 3. The van der Waals surface area contributed by atoms with E-state index < -0.39 is 11.7 Å². The second-order valence-corrected chi connectivity index (χ2v) is 11.4. The monoisotopic (exact) mass is 550 g/mol. The quantitative estimate of drug-likeness (QED) is 0.294. The van der Waals surface area contributed by atoms with E-state index >= 15 is 0 Å². The highest BCUT2D eigenvalue weighted by Crippen LogP contribution is 2.37. The van der Waals surface area contributed by atoms with Crippen LogP contribution in [-0.4, -0.2) is 50.1 Å². The third-order valence-electron chi connectivity index (χ3n) is 6.78. The van der Waals surface area contributed by atoms with E-state index in [-0.39, 0.29) is 23.3 Å². The number of nitrogens with one attached hydrogen (secondary N) is 1. The fourth-order valence-electron chi connectivity index (χ4n) is 5.02. The summed E-state index contributed by atoms with van der Waals surface area (Å²) < 4.78 is 47.1. The zero-order chi connectivity index (χ0) is 28.7. The number of morpholine rings is 1. The molecule has 0 saturated carbocycles. The Kier molecular flexibility index (Phi) is 7.50. The van der Waals surface area contributed by atoms with Gasteiger partial charge in [-0.25, -0.2) is 9.97 Å². The summed E-state index contributed by atoms with van der Waals surface area (Å²) in [6.07, 6.45) is -1.26. The van der Waals surface area contributed by atoms with Crippen molar-refractivity contribution in [3.8, 4) is 11.3 Å². The molecule has 0 amide bonds. The second-order valence-electron chi connectivity index (χ2n) is 11.4. The maximum atomic E-state index is 13.7. The number of anilines is 2. The van der Waals surface area contributed by atoms with E-state index in [0.29, 0.717) is 34.7 Å². The first kappa shape index (κ1) is 27.9. The lowest BCUT2D eigenvalue weighted by molar-refractivity contribution is -0.137. The summed E-state index contributed by atoms with van der Waals surface area (Å²) in [6, 6.07) is 11.3. The van der Waals surface area contributed by atoms with Crippen LogP contribution in [-0.2, 0) is 22.9 Å². The molecule has 5 rings (SSSR count). The molecule has 10 heteroatoms. The zero-order valence-electron chi connectivity index (χ0n) is 23.3. The van der Waals surface area contributed by atoms with Gasteiger partial charge in [0.05, 0.1) is 47.4 Å². The average Bonchev–Trinajstić information content (AvgIpc) is 2.87. The Morgan fingerprint density at radius 3 is 2.38 bits per heavy atom. The summed E-state index contributed by atoms with van der Waals surface area (Å²) in [5.41, 5.74) is 1.56. The molecule has 4 heterocycles. The standard InChI is InChI=1S/C30H33F3N6O/c1-18-15-39(16-19(2)40-18)17-26-37-24-13-20(27-23(30(31,32)33)7-6-12-34-27)8-10-22(24)28(38-26)36-21-9-11-25(35-14-21)29(3,4)5/h6-14,18-19H,15-17H2,1-5H3,(H,36,37,38). The van der Waals surface area contributed by atoms with Crippen LogP contribution in [0, 0.1) is 0 Å². The predicted octanol–water partition coefficient (Wildman–Crippen LogP) is 6.76. The highest BCUT2D eigenvalue weighted by Gasteiger charge is 2.34. The smallest absolute Gasteiger partial charge is 0.373 e. The number of nitrogens with zero attached hydrogens (tertiary/aromatic N) is 5.